The molecule has 1 rings (SSSR count). The van der Waals surface area contributed by atoms with Crippen molar-refractivity contribution in [1.29, 1.82) is 0 Å². The molecule has 0 saturated carbocycles. The second kappa shape index (κ2) is 5.57. The number of carbonyl (C=O) groups is 1. The Morgan fingerprint density at radius 1 is 1.38 bits per heavy atom. The Bertz CT molecular complexity index is 169. The lowest BCUT2D eigenvalue weighted by Crippen LogP contribution is -2.52. The lowest BCUT2D eigenvalue weighted by atomic mass is 10.4. The van der Waals surface area contributed by atoms with Gasteiger partial charge in [0.2, 0.25) is 5.91 Å². The van der Waals surface area contributed by atoms with Gasteiger partial charge in [-0.1, -0.05) is 15.9 Å². The van der Waals surface area contributed by atoms with Crippen LogP contribution in [0.25, 0.3) is 0 Å². The smallest absolute Gasteiger partial charge is 0.235 e. The van der Waals surface area contributed by atoms with Crippen LogP contribution in [-0.4, -0.2) is 54.4 Å². The number of nitrogens with zero attached hydrogens (tertiary/aromatic N) is 2. The minimum atomic E-state index is 0.0985. The van der Waals surface area contributed by atoms with Crippen LogP contribution in [0, 0.1) is 0 Å². The summed E-state index contributed by atoms with van der Waals surface area (Å²) in [5.41, 5.74) is 2.88. The predicted molar refractivity (Wildman–Crippen MR) is 55.6 cm³/mol. The van der Waals surface area contributed by atoms with E-state index in [4.69, 9.17) is 0 Å². The van der Waals surface area contributed by atoms with Gasteiger partial charge in [0.15, 0.2) is 0 Å². The van der Waals surface area contributed by atoms with Crippen molar-refractivity contribution in [1.82, 2.24) is 15.3 Å². The van der Waals surface area contributed by atoms with Crippen LogP contribution in [0.15, 0.2) is 0 Å². The van der Waals surface area contributed by atoms with Gasteiger partial charge in [-0.25, -0.2) is 5.01 Å². The number of nitrogens with one attached hydrogen (secondary N) is 1. The Balaban J connectivity index is 2.18. The maximum atomic E-state index is 11.2. The van der Waals surface area contributed by atoms with E-state index in [0.29, 0.717) is 6.42 Å². The molecule has 5 heteroatoms. The summed E-state index contributed by atoms with van der Waals surface area (Å²) in [4.78, 5) is 13.5. The summed E-state index contributed by atoms with van der Waals surface area (Å²) in [6.45, 7) is 3.89. The molecule has 0 atom stereocenters. The van der Waals surface area contributed by atoms with Crippen LogP contribution in [0.5, 0.6) is 0 Å². The van der Waals surface area contributed by atoms with E-state index in [0.717, 1.165) is 31.5 Å². The van der Waals surface area contributed by atoms with Crippen LogP contribution >= 0.6 is 15.9 Å². The number of rotatable bonds is 3. The number of likely N-dealkylation sites (N-methyl/N-ethyl adjacent to an activating group) is 1. The third kappa shape index (κ3) is 4.06. The Labute approximate surface area is 87.4 Å². The number of hydrazine groups is 1. The Kier molecular flexibility index (Phi) is 4.69. The minimum absolute atomic E-state index is 0.0985. The molecule has 0 aliphatic carbocycles. The zero-order chi connectivity index (χ0) is 9.68. The molecular weight excluding hydrogens is 234 g/mol. The van der Waals surface area contributed by atoms with Crippen molar-refractivity contribution < 1.29 is 4.79 Å². The van der Waals surface area contributed by atoms with Gasteiger partial charge in [0.1, 0.15) is 0 Å². The zero-order valence-corrected chi connectivity index (χ0v) is 9.51. The predicted octanol–water partition coefficient (Wildman–Crippen LogP) is 0.0500. The minimum Gasteiger partial charge on any atom is -0.304 e. The highest BCUT2D eigenvalue weighted by Gasteiger charge is 2.14. The number of hydrogen-bond donors (Lipinski definition) is 1. The molecule has 0 aromatic carbocycles. The van der Waals surface area contributed by atoms with E-state index < -0.39 is 0 Å². The van der Waals surface area contributed by atoms with E-state index in [1.54, 1.807) is 0 Å². The molecule has 1 heterocycles. The number of hydrogen-bond acceptors (Lipinski definition) is 3. The summed E-state index contributed by atoms with van der Waals surface area (Å²) in [6, 6.07) is 0. The first-order chi connectivity index (χ1) is 6.22. The highest BCUT2D eigenvalue weighted by molar-refractivity contribution is 9.09. The van der Waals surface area contributed by atoms with Gasteiger partial charge in [-0.3, -0.25) is 10.2 Å². The molecule has 76 valence electrons. The fourth-order valence-electron chi connectivity index (χ4n) is 1.24. The van der Waals surface area contributed by atoms with Gasteiger partial charge in [0.05, 0.1) is 0 Å². The van der Waals surface area contributed by atoms with E-state index in [1.807, 2.05) is 5.01 Å². The molecule has 1 aliphatic rings. The molecule has 0 spiro atoms. The molecule has 1 N–H and O–H groups in total. The summed E-state index contributed by atoms with van der Waals surface area (Å²) >= 11 is 3.24. The molecule has 1 fully saturated rings. The summed E-state index contributed by atoms with van der Waals surface area (Å²) in [6.07, 6.45) is 0.548. The highest BCUT2D eigenvalue weighted by atomic mass is 79.9. The maximum absolute atomic E-state index is 11.2. The topological polar surface area (TPSA) is 35.6 Å². The summed E-state index contributed by atoms with van der Waals surface area (Å²) in [5.74, 6) is 0.0985. The molecule has 4 nitrogen and oxygen atoms in total. The molecule has 0 aromatic rings. The fraction of sp³-hybridized carbons (Fsp3) is 0.875. The summed E-state index contributed by atoms with van der Waals surface area (Å²) in [5, 5.41) is 2.72. The molecule has 1 amide bonds. The van der Waals surface area contributed by atoms with Crippen LogP contribution < -0.4 is 5.43 Å². The van der Waals surface area contributed by atoms with Gasteiger partial charge in [-0.15, -0.1) is 0 Å². The molecular formula is C8H16BrN3O. The zero-order valence-electron chi connectivity index (χ0n) is 7.92. The van der Waals surface area contributed by atoms with Gasteiger partial charge in [0, 0.05) is 37.9 Å². The molecule has 13 heavy (non-hydrogen) atoms. The van der Waals surface area contributed by atoms with Crippen molar-refractivity contribution in [2.24, 2.45) is 0 Å². The first-order valence-electron chi connectivity index (χ1n) is 4.51. The second-order valence-electron chi connectivity index (χ2n) is 3.26. The quantitative estimate of drug-likeness (QED) is 0.719. The van der Waals surface area contributed by atoms with Crippen molar-refractivity contribution in [2.75, 3.05) is 38.6 Å². The second-order valence-corrected chi connectivity index (χ2v) is 4.06. The third-order valence-corrected chi connectivity index (χ3v) is 2.50. The van der Waals surface area contributed by atoms with Crippen LogP contribution in [-0.2, 0) is 4.79 Å². The van der Waals surface area contributed by atoms with Gasteiger partial charge < -0.3 is 4.90 Å². The maximum Gasteiger partial charge on any atom is 0.235 e. The highest BCUT2D eigenvalue weighted by Crippen LogP contribution is 1.96. The Morgan fingerprint density at radius 3 is 2.54 bits per heavy atom. The Hall–Kier alpha value is -0.130. The Morgan fingerprint density at radius 2 is 2.00 bits per heavy atom. The number of amides is 1. The normalized spacial score (nSPS) is 20.2. The van der Waals surface area contributed by atoms with Crippen molar-refractivity contribution in [3.63, 3.8) is 0 Å². The van der Waals surface area contributed by atoms with Crippen molar-refractivity contribution >= 4 is 21.8 Å². The van der Waals surface area contributed by atoms with Crippen LogP contribution in [0.4, 0.5) is 0 Å². The average molecular weight is 250 g/mol. The van der Waals surface area contributed by atoms with Gasteiger partial charge in [-0.05, 0) is 7.05 Å². The van der Waals surface area contributed by atoms with Gasteiger partial charge >= 0.3 is 0 Å². The number of halogens is 1. The molecule has 0 radical (unpaired) electrons. The SMILES string of the molecule is CN1CCN(NC(=O)CCBr)CC1. The van der Waals surface area contributed by atoms with E-state index in [-0.39, 0.29) is 5.91 Å². The standard InChI is InChI=1S/C8H16BrN3O/c1-11-4-6-12(7-5-11)10-8(13)2-3-9/h2-7H2,1H3,(H,10,13). The summed E-state index contributed by atoms with van der Waals surface area (Å²) in [7, 11) is 2.09. The molecule has 0 aromatic heterocycles. The van der Waals surface area contributed by atoms with E-state index >= 15 is 0 Å². The summed E-state index contributed by atoms with van der Waals surface area (Å²) < 4.78 is 0. The van der Waals surface area contributed by atoms with Crippen LogP contribution in [0.1, 0.15) is 6.42 Å². The lowest BCUT2D eigenvalue weighted by Gasteiger charge is -2.32. The monoisotopic (exact) mass is 249 g/mol. The average Bonchev–Trinajstić information content (AvgIpc) is 2.09. The van der Waals surface area contributed by atoms with Gasteiger partial charge in [-0.2, -0.15) is 0 Å². The molecule has 1 aliphatic heterocycles. The van der Waals surface area contributed by atoms with Crippen molar-refractivity contribution in [3.05, 3.63) is 0 Å². The first-order valence-corrected chi connectivity index (χ1v) is 5.63. The largest absolute Gasteiger partial charge is 0.304 e. The van der Waals surface area contributed by atoms with Crippen LogP contribution in [0.3, 0.4) is 0 Å². The number of piperazine rings is 1. The molecule has 1 saturated heterocycles. The molecule has 0 unspecified atom stereocenters. The third-order valence-electron chi connectivity index (χ3n) is 2.11. The van der Waals surface area contributed by atoms with E-state index in [1.165, 1.54) is 0 Å². The van der Waals surface area contributed by atoms with Crippen molar-refractivity contribution in [3.8, 4) is 0 Å². The number of carbonyl (C=O) groups excluding carboxylic acids is 1. The van der Waals surface area contributed by atoms with E-state index in [2.05, 4.69) is 33.3 Å². The first kappa shape index (κ1) is 10.9. The number of alkyl halides is 1. The van der Waals surface area contributed by atoms with Crippen molar-refractivity contribution in [2.45, 2.75) is 6.42 Å². The fourth-order valence-corrected chi connectivity index (χ4v) is 1.60. The van der Waals surface area contributed by atoms with E-state index in [9.17, 15) is 4.79 Å². The lowest BCUT2D eigenvalue weighted by molar-refractivity contribution is -0.126. The molecule has 0 bridgehead atoms. The van der Waals surface area contributed by atoms with Crippen LogP contribution in [0.2, 0.25) is 0 Å². The van der Waals surface area contributed by atoms with Gasteiger partial charge in [0.25, 0.3) is 0 Å².